The lowest BCUT2D eigenvalue weighted by Crippen LogP contribution is -2.49. The van der Waals surface area contributed by atoms with Gasteiger partial charge in [-0.05, 0) is 48.4 Å². The molecule has 2 aromatic heterocycles. The van der Waals surface area contributed by atoms with Crippen LogP contribution in [0.5, 0.6) is 0 Å². The highest BCUT2D eigenvalue weighted by Crippen LogP contribution is 2.24. The molecule has 0 spiro atoms. The molecule has 8 bridgehead atoms. The van der Waals surface area contributed by atoms with Gasteiger partial charge < -0.3 is 20.9 Å². The van der Waals surface area contributed by atoms with Crippen molar-refractivity contribution in [3.05, 3.63) is 59.9 Å². The molecule has 2 amide bonds. The number of nitrogens with zero attached hydrogens (tertiary/aromatic N) is 6. The molecule has 1 fully saturated rings. The van der Waals surface area contributed by atoms with E-state index in [-0.39, 0.29) is 11.8 Å². The second kappa shape index (κ2) is 12.2. The Morgan fingerprint density at radius 2 is 1.69 bits per heavy atom. The third-order valence-corrected chi connectivity index (χ3v) is 6.92. The molecule has 0 aliphatic carbocycles. The lowest BCUT2D eigenvalue weighted by molar-refractivity contribution is -0.122. The number of piperazine rings is 1. The number of hydrogen-bond acceptors (Lipinski definition) is 9. The maximum Gasteiger partial charge on any atom is 0.253 e. The van der Waals surface area contributed by atoms with E-state index in [1.54, 1.807) is 31.4 Å². The lowest BCUT2D eigenvalue weighted by atomic mass is 10.0. The van der Waals surface area contributed by atoms with Crippen LogP contribution in [0.15, 0.2) is 48.8 Å². The van der Waals surface area contributed by atoms with Gasteiger partial charge in [-0.25, -0.2) is 15.0 Å². The van der Waals surface area contributed by atoms with Crippen molar-refractivity contribution in [1.82, 2.24) is 35.0 Å². The minimum absolute atomic E-state index is 0.0344. The SMILES string of the molecule is CN(C)C(=O)c1ccc2cc1CN1CCN(CC1)CC(=O)NCCCNc1ccc(cn1)-c1ccnc(n1)N2. The molecule has 1 aromatic carbocycles. The number of benzene rings is 1. The van der Waals surface area contributed by atoms with Gasteiger partial charge in [0.15, 0.2) is 0 Å². The van der Waals surface area contributed by atoms with Gasteiger partial charge in [0.25, 0.3) is 5.91 Å². The fraction of sp³-hybridized carbons (Fsp3) is 0.393. The van der Waals surface area contributed by atoms with Crippen molar-refractivity contribution < 1.29 is 9.59 Å². The van der Waals surface area contributed by atoms with Crippen LogP contribution in [0.2, 0.25) is 0 Å². The molecule has 3 aromatic rings. The van der Waals surface area contributed by atoms with E-state index in [4.69, 9.17) is 4.98 Å². The Labute approximate surface area is 228 Å². The van der Waals surface area contributed by atoms with E-state index in [0.717, 1.165) is 60.9 Å². The molecule has 11 nitrogen and oxygen atoms in total. The second-order valence-electron chi connectivity index (χ2n) is 10.1. The third kappa shape index (κ3) is 6.87. The summed E-state index contributed by atoms with van der Waals surface area (Å²) < 4.78 is 0. The normalized spacial score (nSPS) is 19.9. The summed E-state index contributed by atoms with van der Waals surface area (Å²) in [5.74, 6) is 1.25. The van der Waals surface area contributed by atoms with E-state index in [2.05, 4.69) is 35.7 Å². The van der Waals surface area contributed by atoms with Crippen LogP contribution in [-0.4, -0.2) is 101 Å². The Morgan fingerprint density at radius 1 is 0.923 bits per heavy atom. The summed E-state index contributed by atoms with van der Waals surface area (Å²) in [6.07, 6.45) is 4.30. The molecule has 8 rings (SSSR count). The number of carbonyl (C=O) groups excluding carboxylic acids is 2. The first kappa shape index (κ1) is 26.5. The second-order valence-corrected chi connectivity index (χ2v) is 10.1. The minimum atomic E-state index is -0.0344. The van der Waals surface area contributed by atoms with E-state index in [1.165, 1.54) is 0 Å². The van der Waals surface area contributed by atoms with Crippen LogP contribution >= 0.6 is 0 Å². The van der Waals surface area contributed by atoms with Gasteiger partial charge in [0, 0.05) is 89.1 Å². The number of nitrogens with one attached hydrogen (secondary N) is 3. The molecule has 39 heavy (non-hydrogen) atoms. The van der Waals surface area contributed by atoms with Gasteiger partial charge in [-0.2, -0.15) is 0 Å². The largest absolute Gasteiger partial charge is 0.370 e. The van der Waals surface area contributed by atoms with Gasteiger partial charge in [0.1, 0.15) is 5.82 Å². The molecule has 11 heteroatoms. The maximum atomic E-state index is 13.0. The summed E-state index contributed by atoms with van der Waals surface area (Å²) in [5.41, 5.74) is 4.05. The van der Waals surface area contributed by atoms with Crippen LogP contribution in [0.3, 0.4) is 0 Å². The monoisotopic (exact) mass is 529 g/mol. The molecule has 0 saturated carbocycles. The first-order chi connectivity index (χ1) is 18.9. The van der Waals surface area contributed by atoms with Gasteiger partial charge in [-0.3, -0.25) is 19.4 Å². The molecule has 7 heterocycles. The highest BCUT2D eigenvalue weighted by atomic mass is 16.2. The Kier molecular flexibility index (Phi) is 8.28. The Hall–Kier alpha value is -4.09. The van der Waals surface area contributed by atoms with E-state index >= 15 is 0 Å². The predicted octanol–water partition coefficient (Wildman–Crippen LogP) is 2.03. The van der Waals surface area contributed by atoms with Crippen LogP contribution in [0.1, 0.15) is 22.3 Å². The average Bonchev–Trinajstić information content (AvgIpc) is 2.94. The zero-order valence-corrected chi connectivity index (χ0v) is 22.5. The number of pyridine rings is 1. The zero-order chi connectivity index (χ0) is 27.2. The van der Waals surface area contributed by atoms with Crippen molar-refractivity contribution in [2.24, 2.45) is 0 Å². The number of aromatic nitrogens is 3. The molecule has 204 valence electrons. The molecular weight excluding hydrogens is 494 g/mol. The quantitative estimate of drug-likeness (QED) is 0.435. The first-order valence-corrected chi connectivity index (χ1v) is 13.3. The summed E-state index contributed by atoms with van der Waals surface area (Å²) >= 11 is 0. The van der Waals surface area contributed by atoms with Crippen molar-refractivity contribution in [3.63, 3.8) is 0 Å². The zero-order valence-electron chi connectivity index (χ0n) is 22.5. The van der Waals surface area contributed by atoms with Gasteiger partial charge in [-0.15, -0.1) is 0 Å². The third-order valence-electron chi connectivity index (χ3n) is 6.92. The fourth-order valence-electron chi connectivity index (χ4n) is 4.75. The van der Waals surface area contributed by atoms with Crippen LogP contribution in [0, 0.1) is 0 Å². The summed E-state index contributed by atoms with van der Waals surface area (Å²) in [4.78, 5) is 45.1. The number of carbonyl (C=O) groups is 2. The highest BCUT2D eigenvalue weighted by molar-refractivity contribution is 5.96. The van der Waals surface area contributed by atoms with Gasteiger partial charge in [0.2, 0.25) is 11.9 Å². The molecular formula is C28H35N9O2. The topological polar surface area (TPSA) is 119 Å². The van der Waals surface area contributed by atoms with Crippen molar-refractivity contribution >= 4 is 29.3 Å². The van der Waals surface area contributed by atoms with Crippen LogP contribution in [0.25, 0.3) is 11.3 Å². The maximum absolute atomic E-state index is 13.0. The van der Waals surface area contributed by atoms with E-state index in [1.807, 2.05) is 36.4 Å². The number of anilines is 3. The molecule has 0 radical (unpaired) electrons. The molecule has 0 atom stereocenters. The number of amides is 2. The van der Waals surface area contributed by atoms with E-state index < -0.39 is 0 Å². The lowest BCUT2D eigenvalue weighted by Gasteiger charge is -2.34. The molecule has 1 saturated heterocycles. The number of hydrogen-bond donors (Lipinski definition) is 3. The van der Waals surface area contributed by atoms with Gasteiger partial charge in [-0.1, -0.05) is 0 Å². The Balaban J connectivity index is 1.43. The minimum Gasteiger partial charge on any atom is -0.370 e. The van der Waals surface area contributed by atoms with Gasteiger partial charge >= 0.3 is 0 Å². The standard InChI is InChI=1S/C28H35N9O2/c1-35(2)27(39)23-6-5-22-16-21(23)18-36-12-14-37(15-13-36)19-26(38)30-10-3-9-29-25-7-4-20(17-32-25)24-8-11-31-28(33-22)34-24/h4-8,11,16-17H,3,9-10,12-15,18-19H2,1-2H3,(H,29,32)(H,30,38)(H,31,33,34). The van der Waals surface area contributed by atoms with Crippen LogP contribution in [0.4, 0.5) is 17.5 Å². The van der Waals surface area contributed by atoms with Crippen molar-refractivity contribution in [2.45, 2.75) is 13.0 Å². The van der Waals surface area contributed by atoms with Crippen molar-refractivity contribution in [2.75, 3.05) is 70.5 Å². The van der Waals surface area contributed by atoms with Crippen LogP contribution < -0.4 is 16.0 Å². The highest BCUT2D eigenvalue weighted by Gasteiger charge is 2.22. The molecule has 5 aliphatic heterocycles. The van der Waals surface area contributed by atoms with Crippen molar-refractivity contribution in [3.8, 4) is 11.3 Å². The smallest absolute Gasteiger partial charge is 0.253 e. The first-order valence-electron chi connectivity index (χ1n) is 13.3. The Morgan fingerprint density at radius 3 is 2.44 bits per heavy atom. The summed E-state index contributed by atoms with van der Waals surface area (Å²) in [5, 5.41) is 9.64. The van der Waals surface area contributed by atoms with E-state index in [9.17, 15) is 9.59 Å². The van der Waals surface area contributed by atoms with Gasteiger partial charge in [0.05, 0.1) is 12.2 Å². The van der Waals surface area contributed by atoms with Crippen LogP contribution in [-0.2, 0) is 11.3 Å². The van der Waals surface area contributed by atoms with E-state index in [0.29, 0.717) is 37.7 Å². The molecule has 3 N–H and O–H groups in total. The summed E-state index contributed by atoms with van der Waals surface area (Å²) in [7, 11) is 3.53. The predicted molar refractivity (Wildman–Crippen MR) is 151 cm³/mol. The Bertz CT molecular complexity index is 1300. The number of rotatable bonds is 1. The summed E-state index contributed by atoms with van der Waals surface area (Å²) in [6.45, 7) is 5.59. The average molecular weight is 530 g/mol. The fourth-order valence-corrected chi connectivity index (χ4v) is 4.75. The summed E-state index contributed by atoms with van der Waals surface area (Å²) in [6, 6.07) is 11.5. The molecule has 5 aliphatic rings. The van der Waals surface area contributed by atoms with Crippen molar-refractivity contribution in [1.29, 1.82) is 0 Å². The molecule has 0 unspecified atom stereocenters.